The van der Waals surface area contributed by atoms with Crippen molar-refractivity contribution in [2.45, 2.75) is 13.8 Å². The lowest BCUT2D eigenvalue weighted by molar-refractivity contribution is 0.0501. The number of benzene rings is 3. The molecule has 0 aliphatic rings. The quantitative estimate of drug-likeness (QED) is 0.186. The van der Waals surface area contributed by atoms with Gasteiger partial charge >= 0.3 is 5.97 Å². The average Bonchev–Trinajstić information content (AvgIpc) is 2.78. The van der Waals surface area contributed by atoms with Crippen molar-refractivity contribution in [3.8, 4) is 11.5 Å². The number of nitrogens with zero attached hydrogens (tertiary/aromatic N) is 1. The van der Waals surface area contributed by atoms with E-state index < -0.39 is 5.97 Å². The van der Waals surface area contributed by atoms with Crippen molar-refractivity contribution in [2.24, 2.45) is 0 Å². The Bertz CT molecular complexity index is 1130. The topological polar surface area (TPSA) is 48.0 Å². The van der Waals surface area contributed by atoms with Crippen molar-refractivity contribution in [1.82, 2.24) is 0 Å². The second kappa shape index (κ2) is 10.8. The Morgan fingerprint density at radius 3 is 2.12 bits per heavy atom. The van der Waals surface area contributed by atoms with Crippen molar-refractivity contribution in [3.63, 3.8) is 0 Å². The molecule has 0 saturated carbocycles. The fourth-order valence-electron chi connectivity index (χ4n) is 3.39. The zero-order valence-corrected chi connectivity index (χ0v) is 19.5. The molecule has 0 saturated heterocycles. The monoisotopic (exact) mass is 449 g/mol. The number of methoxy groups -OCH3 is 1. The number of carbonyl (C=O) groups excluding carboxylic acids is 1. The molecule has 0 amide bonds. The van der Waals surface area contributed by atoms with Gasteiger partial charge in [0.05, 0.1) is 5.56 Å². The first-order valence-electron chi connectivity index (χ1n) is 10.5. The third-order valence-corrected chi connectivity index (χ3v) is 4.99. The zero-order valence-electron chi connectivity index (χ0n) is 19.5. The van der Waals surface area contributed by atoms with E-state index in [4.69, 9.17) is 14.2 Å². The molecular formula is C27H28FNO4. The molecule has 0 heterocycles. The molecule has 0 aliphatic carbocycles. The van der Waals surface area contributed by atoms with Crippen molar-refractivity contribution in [2.75, 3.05) is 32.9 Å². The average molecular weight is 450 g/mol. The standard InChI is InChI=1S/C27H28FNO4/c1-18-12-20(13-19(2)26(18)32-17-31-5)6-7-21-14-22(16-24(15-21)29(3)4)27(30)33-25-10-8-23(28)9-11-25/h6-16H,17H2,1-5H3/b7-6+. The highest BCUT2D eigenvalue weighted by Gasteiger charge is 2.12. The molecule has 0 atom stereocenters. The minimum Gasteiger partial charge on any atom is -0.467 e. The van der Waals surface area contributed by atoms with Gasteiger partial charge in [0.1, 0.15) is 17.3 Å². The van der Waals surface area contributed by atoms with E-state index in [9.17, 15) is 9.18 Å². The summed E-state index contributed by atoms with van der Waals surface area (Å²) in [7, 11) is 5.40. The molecule has 3 aromatic carbocycles. The van der Waals surface area contributed by atoms with Crippen LogP contribution in [0.15, 0.2) is 54.6 Å². The third-order valence-electron chi connectivity index (χ3n) is 4.99. The minimum absolute atomic E-state index is 0.199. The highest BCUT2D eigenvalue weighted by atomic mass is 19.1. The maximum absolute atomic E-state index is 13.1. The minimum atomic E-state index is -0.508. The second-order valence-electron chi connectivity index (χ2n) is 7.92. The Morgan fingerprint density at radius 1 is 0.939 bits per heavy atom. The molecule has 5 nitrogen and oxygen atoms in total. The summed E-state index contributed by atoms with van der Waals surface area (Å²) >= 11 is 0. The molecule has 6 heteroatoms. The van der Waals surface area contributed by atoms with E-state index in [2.05, 4.69) is 0 Å². The highest BCUT2D eigenvalue weighted by Crippen LogP contribution is 2.27. The first-order chi connectivity index (χ1) is 15.8. The van der Waals surface area contributed by atoms with Gasteiger partial charge in [-0.15, -0.1) is 0 Å². The van der Waals surface area contributed by atoms with E-state index in [0.29, 0.717) is 5.56 Å². The Kier molecular flexibility index (Phi) is 7.85. The van der Waals surface area contributed by atoms with Crippen LogP contribution in [0.1, 0.15) is 32.6 Å². The van der Waals surface area contributed by atoms with E-state index in [1.54, 1.807) is 19.2 Å². The normalized spacial score (nSPS) is 11.0. The number of rotatable bonds is 8. The van der Waals surface area contributed by atoms with Gasteiger partial charge in [0.15, 0.2) is 6.79 Å². The van der Waals surface area contributed by atoms with Gasteiger partial charge in [-0.3, -0.25) is 0 Å². The Balaban J connectivity index is 1.87. The van der Waals surface area contributed by atoms with Crippen molar-refractivity contribution in [3.05, 3.63) is 88.2 Å². The summed E-state index contributed by atoms with van der Waals surface area (Å²) in [5, 5.41) is 0. The summed E-state index contributed by atoms with van der Waals surface area (Å²) in [4.78, 5) is 14.6. The van der Waals surface area contributed by atoms with Gasteiger partial charge in [0.2, 0.25) is 0 Å². The molecule has 0 bridgehead atoms. The van der Waals surface area contributed by atoms with Crippen LogP contribution in [0.4, 0.5) is 10.1 Å². The van der Waals surface area contributed by atoms with E-state index in [1.807, 2.05) is 63.2 Å². The zero-order chi connectivity index (χ0) is 24.0. The predicted molar refractivity (Wildman–Crippen MR) is 129 cm³/mol. The number of carbonyl (C=O) groups is 1. The van der Waals surface area contributed by atoms with Crippen LogP contribution >= 0.6 is 0 Å². The molecule has 0 radical (unpaired) electrons. The summed E-state index contributed by atoms with van der Waals surface area (Å²) in [6.45, 7) is 4.18. The van der Waals surface area contributed by atoms with E-state index in [1.165, 1.54) is 24.3 Å². The Labute approximate surface area is 194 Å². The molecule has 3 aromatic rings. The van der Waals surface area contributed by atoms with Crippen LogP contribution in [-0.4, -0.2) is 34.0 Å². The van der Waals surface area contributed by atoms with Crippen molar-refractivity contribution >= 4 is 23.8 Å². The number of hydrogen-bond acceptors (Lipinski definition) is 5. The first kappa shape index (κ1) is 24.0. The maximum Gasteiger partial charge on any atom is 0.343 e. The van der Waals surface area contributed by atoms with E-state index in [0.717, 1.165) is 33.7 Å². The van der Waals surface area contributed by atoms with Gasteiger partial charge in [-0.05, 0) is 90.7 Å². The van der Waals surface area contributed by atoms with Gasteiger partial charge in [0.25, 0.3) is 0 Å². The summed E-state index contributed by atoms with van der Waals surface area (Å²) in [6.07, 6.45) is 3.94. The summed E-state index contributed by atoms with van der Waals surface area (Å²) in [6, 6.07) is 14.9. The maximum atomic E-state index is 13.1. The predicted octanol–water partition coefficient (Wildman–Crippen LogP) is 5.88. The summed E-state index contributed by atoms with van der Waals surface area (Å²) < 4.78 is 29.2. The number of hydrogen-bond donors (Lipinski definition) is 0. The summed E-state index contributed by atoms with van der Waals surface area (Å²) in [5.41, 5.74) is 5.15. The van der Waals surface area contributed by atoms with Crippen LogP contribution in [0, 0.1) is 19.7 Å². The van der Waals surface area contributed by atoms with Crippen LogP contribution in [0.25, 0.3) is 12.2 Å². The Hall–Kier alpha value is -3.64. The smallest absolute Gasteiger partial charge is 0.343 e. The lowest BCUT2D eigenvalue weighted by Gasteiger charge is -2.15. The van der Waals surface area contributed by atoms with Gasteiger partial charge < -0.3 is 19.1 Å². The highest BCUT2D eigenvalue weighted by molar-refractivity contribution is 5.93. The number of esters is 1. The van der Waals surface area contributed by atoms with Crippen LogP contribution in [-0.2, 0) is 4.74 Å². The lowest BCUT2D eigenvalue weighted by atomic mass is 10.0. The first-order valence-corrected chi connectivity index (χ1v) is 10.5. The molecule has 172 valence electrons. The van der Waals surface area contributed by atoms with Crippen LogP contribution < -0.4 is 14.4 Å². The van der Waals surface area contributed by atoms with Crippen LogP contribution in [0.5, 0.6) is 11.5 Å². The van der Waals surface area contributed by atoms with Crippen molar-refractivity contribution < 1.29 is 23.4 Å². The molecule has 0 aromatic heterocycles. The fraction of sp³-hybridized carbons (Fsp3) is 0.222. The molecule has 0 N–H and O–H groups in total. The molecule has 33 heavy (non-hydrogen) atoms. The molecular weight excluding hydrogens is 421 g/mol. The molecule has 0 fully saturated rings. The number of anilines is 1. The molecule has 0 unspecified atom stereocenters. The van der Waals surface area contributed by atoms with Crippen LogP contribution in [0.2, 0.25) is 0 Å². The number of aryl methyl sites for hydroxylation is 2. The molecule has 3 rings (SSSR count). The lowest BCUT2D eigenvalue weighted by Crippen LogP contribution is -2.13. The fourth-order valence-corrected chi connectivity index (χ4v) is 3.39. The van der Waals surface area contributed by atoms with Gasteiger partial charge in [0, 0.05) is 26.9 Å². The summed E-state index contributed by atoms with van der Waals surface area (Å²) in [5.74, 6) is 0.205. The van der Waals surface area contributed by atoms with Gasteiger partial charge in [-0.1, -0.05) is 12.2 Å². The van der Waals surface area contributed by atoms with Crippen LogP contribution in [0.3, 0.4) is 0 Å². The second-order valence-corrected chi connectivity index (χ2v) is 7.92. The van der Waals surface area contributed by atoms with Gasteiger partial charge in [-0.2, -0.15) is 0 Å². The Morgan fingerprint density at radius 2 is 1.55 bits per heavy atom. The molecule has 0 spiro atoms. The third kappa shape index (κ3) is 6.43. The van der Waals surface area contributed by atoms with E-state index in [-0.39, 0.29) is 18.4 Å². The molecule has 0 aliphatic heterocycles. The van der Waals surface area contributed by atoms with E-state index >= 15 is 0 Å². The van der Waals surface area contributed by atoms with Gasteiger partial charge in [-0.25, -0.2) is 9.18 Å². The van der Waals surface area contributed by atoms with Crippen molar-refractivity contribution in [1.29, 1.82) is 0 Å². The number of ether oxygens (including phenoxy) is 3. The SMILES string of the molecule is COCOc1c(C)cc(/C=C/c2cc(C(=O)Oc3ccc(F)cc3)cc(N(C)C)c2)cc1C. The largest absolute Gasteiger partial charge is 0.467 e. The number of halogens is 1.